The van der Waals surface area contributed by atoms with Crippen LogP contribution in [-0.4, -0.2) is 25.1 Å². The minimum atomic E-state index is -0.639. The second-order valence-electron chi connectivity index (χ2n) is 7.97. The van der Waals surface area contributed by atoms with Gasteiger partial charge in [-0.1, -0.05) is 26.3 Å². The summed E-state index contributed by atoms with van der Waals surface area (Å²) in [6, 6.07) is 5.81. The van der Waals surface area contributed by atoms with Crippen molar-refractivity contribution in [2.75, 3.05) is 12.4 Å². The molecule has 1 aliphatic carbocycles. The van der Waals surface area contributed by atoms with Crippen LogP contribution in [0.25, 0.3) is 0 Å². The summed E-state index contributed by atoms with van der Waals surface area (Å²) in [4.78, 5) is 26.7. The normalized spacial score (nSPS) is 16.5. The number of amides is 1. The molecule has 0 spiro atoms. The maximum Gasteiger partial charge on any atom is 0.341 e. The molecule has 3 rings (SSSR count). The van der Waals surface area contributed by atoms with E-state index >= 15 is 0 Å². The van der Waals surface area contributed by atoms with E-state index in [9.17, 15) is 9.59 Å². The van der Waals surface area contributed by atoms with Crippen molar-refractivity contribution in [3.05, 3.63) is 45.3 Å². The number of carbonyl (C=O) groups excluding carboxylic acids is 2. The number of ether oxygens (including phenoxy) is 2. The maximum atomic E-state index is 13.0. The topological polar surface area (TPSA) is 64.6 Å². The van der Waals surface area contributed by atoms with Gasteiger partial charge in [0, 0.05) is 4.88 Å². The summed E-state index contributed by atoms with van der Waals surface area (Å²) >= 11 is 1.50. The van der Waals surface area contributed by atoms with Crippen molar-refractivity contribution in [2.45, 2.75) is 65.9 Å². The lowest BCUT2D eigenvalue weighted by Crippen LogP contribution is -2.32. The van der Waals surface area contributed by atoms with Crippen LogP contribution in [0.5, 0.6) is 5.75 Å². The Labute approximate surface area is 182 Å². The minimum Gasteiger partial charge on any atom is -0.481 e. The van der Waals surface area contributed by atoms with Crippen LogP contribution in [0.15, 0.2) is 18.2 Å². The van der Waals surface area contributed by atoms with E-state index in [1.54, 1.807) is 0 Å². The fourth-order valence-electron chi connectivity index (χ4n) is 3.87. The van der Waals surface area contributed by atoms with Gasteiger partial charge in [0.15, 0.2) is 6.10 Å². The van der Waals surface area contributed by atoms with E-state index < -0.39 is 6.10 Å². The van der Waals surface area contributed by atoms with Gasteiger partial charge in [-0.2, -0.15) is 0 Å². The van der Waals surface area contributed by atoms with Crippen LogP contribution in [0.3, 0.4) is 0 Å². The Bertz CT molecular complexity index is 934. The minimum absolute atomic E-state index is 0.244. The van der Waals surface area contributed by atoms with Crippen molar-refractivity contribution >= 4 is 28.2 Å². The van der Waals surface area contributed by atoms with Crippen LogP contribution in [0.1, 0.15) is 65.0 Å². The third kappa shape index (κ3) is 4.69. The number of benzene rings is 1. The molecule has 2 aromatic rings. The number of fused-ring (bicyclic) bond motifs is 1. The Hall–Kier alpha value is -2.34. The fourth-order valence-corrected chi connectivity index (χ4v) is 5.23. The van der Waals surface area contributed by atoms with Crippen molar-refractivity contribution in [1.82, 2.24) is 0 Å². The second-order valence-corrected chi connectivity index (χ2v) is 9.07. The predicted octanol–water partition coefficient (Wildman–Crippen LogP) is 5.46. The largest absolute Gasteiger partial charge is 0.481 e. The molecule has 0 bridgehead atoms. The number of rotatable bonds is 7. The molecule has 0 radical (unpaired) electrons. The van der Waals surface area contributed by atoms with Gasteiger partial charge in [0.2, 0.25) is 0 Å². The van der Waals surface area contributed by atoms with Gasteiger partial charge < -0.3 is 14.8 Å². The Morgan fingerprint density at radius 2 is 2.00 bits per heavy atom. The van der Waals surface area contributed by atoms with Crippen LogP contribution in [0.4, 0.5) is 5.00 Å². The Kier molecular flexibility index (Phi) is 7.19. The molecule has 1 amide bonds. The van der Waals surface area contributed by atoms with Crippen LogP contribution < -0.4 is 10.1 Å². The number of esters is 1. The van der Waals surface area contributed by atoms with E-state index in [-0.39, 0.29) is 11.9 Å². The molecule has 1 aromatic heterocycles. The molecule has 0 unspecified atom stereocenters. The van der Waals surface area contributed by atoms with E-state index in [0.29, 0.717) is 28.7 Å². The molecule has 0 saturated heterocycles. The second kappa shape index (κ2) is 9.65. The number of methoxy groups -OCH3 is 1. The van der Waals surface area contributed by atoms with E-state index in [1.807, 2.05) is 39.0 Å². The van der Waals surface area contributed by atoms with E-state index in [0.717, 1.165) is 36.8 Å². The molecule has 0 aliphatic heterocycles. The van der Waals surface area contributed by atoms with Gasteiger partial charge >= 0.3 is 5.97 Å². The predicted molar refractivity (Wildman–Crippen MR) is 121 cm³/mol. The summed E-state index contributed by atoms with van der Waals surface area (Å²) < 4.78 is 11.0. The summed E-state index contributed by atoms with van der Waals surface area (Å²) in [6.45, 7) is 8.17. The van der Waals surface area contributed by atoms with Gasteiger partial charge in [-0.15, -0.1) is 11.3 Å². The average molecular weight is 430 g/mol. The van der Waals surface area contributed by atoms with Crippen molar-refractivity contribution in [3.8, 4) is 5.75 Å². The summed E-state index contributed by atoms with van der Waals surface area (Å²) in [5.74, 6) is 0.665. The smallest absolute Gasteiger partial charge is 0.341 e. The Balaban J connectivity index is 1.83. The third-order valence-corrected chi connectivity index (χ3v) is 7.16. The van der Waals surface area contributed by atoms with E-state index in [4.69, 9.17) is 9.47 Å². The quantitative estimate of drug-likeness (QED) is 0.594. The zero-order chi connectivity index (χ0) is 21.8. The molecule has 1 N–H and O–H groups in total. The molecule has 0 saturated carbocycles. The molecule has 2 atom stereocenters. The number of nitrogens with one attached hydrogen (secondary N) is 1. The number of anilines is 1. The molecule has 30 heavy (non-hydrogen) atoms. The van der Waals surface area contributed by atoms with Crippen molar-refractivity contribution in [1.29, 1.82) is 0 Å². The van der Waals surface area contributed by atoms with Gasteiger partial charge in [0.1, 0.15) is 10.8 Å². The number of thiophene rings is 1. The molecule has 1 aromatic carbocycles. The standard InChI is InChI=1S/C24H31NO4S/c1-6-16-9-11-18-20(13-16)30-23(21(18)24(27)28-5)25-22(26)19(7-2)29-17-10-8-14(3)15(4)12-17/h8,10,12,16,19H,6-7,9,11,13H2,1-5H3,(H,25,26)/t16-,19-/m1/s1. The van der Waals surface area contributed by atoms with Gasteiger partial charge in [-0.05, 0) is 74.3 Å². The maximum absolute atomic E-state index is 13.0. The Morgan fingerprint density at radius 1 is 1.23 bits per heavy atom. The summed E-state index contributed by atoms with van der Waals surface area (Å²) in [7, 11) is 1.38. The van der Waals surface area contributed by atoms with Gasteiger partial charge in [0.25, 0.3) is 5.91 Å². The van der Waals surface area contributed by atoms with Gasteiger partial charge in [-0.3, -0.25) is 4.79 Å². The summed E-state index contributed by atoms with van der Waals surface area (Å²) in [5.41, 5.74) is 3.85. The van der Waals surface area contributed by atoms with E-state index in [1.165, 1.54) is 28.9 Å². The van der Waals surface area contributed by atoms with E-state index in [2.05, 4.69) is 12.2 Å². The van der Waals surface area contributed by atoms with Gasteiger partial charge in [0.05, 0.1) is 12.7 Å². The first-order valence-electron chi connectivity index (χ1n) is 10.6. The number of carbonyl (C=O) groups is 2. The molecule has 5 nitrogen and oxygen atoms in total. The first kappa shape index (κ1) is 22.3. The zero-order valence-corrected chi connectivity index (χ0v) is 19.3. The van der Waals surface area contributed by atoms with Crippen LogP contribution in [0, 0.1) is 19.8 Å². The van der Waals surface area contributed by atoms with Gasteiger partial charge in [-0.25, -0.2) is 4.79 Å². The lowest BCUT2D eigenvalue weighted by Gasteiger charge is -2.20. The molecule has 1 heterocycles. The first-order valence-corrected chi connectivity index (χ1v) is 11.5. The highest BCUT2D eigenvalue weighted by molar-refractivity contribution is 7.17. The fraction of sp³-hybridized carbons (Fsp3) is 0.500. The molecular weight excluding hydrogens is 398 g/mol. The summed E-state index contributed by atoms with van der Waals surface area (Å²) in [6.07, 6.45) is 3.86. The van der Waals surface area contributed by atoms with Crippen molar-refractivity contribution in [3.63, 3.8) is 0 Å². The summed E-state index contributed by atoms with van der Waals surface area (Å²) in [5, 5.41) is 3.55. The number of hydrogen-bond acceptors (Lipinski definition) is 5. The highest BCUT2D eigenvalue weighted by Crippen LogP contribution is 2.41. The lowest BCUT2D eigenvalue weighted by molar-refractivity contribution is -0.122. The molecular formula is C24H31NO4S. The van der Waals surface area contributed by atoms with Crippen LogP contribution in [-0.2, 0) is 22.4 Å². The molecule has 162 valence electrons. The zero-order valence-electron chi connectivity index (χ0n) is 18.5. The lowest BCUT2D eigenvalue weighted by atomic mass is 9.85. The number of aryl methyl sites for hydroxylation is 2. The van der Waals surface area contributed by atoms with Crippen LogP contribution in [0.2, 0.25) is 0 Å². The monoisotopic (exact) mass is 429 g/mol. The SMILES string of the molecule is CC[C@@H]1CCc2c(sc(NC(=O)[C@@H](CC)Oc3ccc(C)c(C)c3)c2C(=O)OC)C1. The van der Waals surface area contributed by atoms with Crippen molar-refractivity contribution in [2.24, 2.45) is 5.92 Å². The Morgan fingerprint density at radius 3 is 2.63 bits per heavy atom. The van der Waals surface area contributed by atoms with Crippen LogP contribution >= 0.6 is 11.3 Å². The molecule has 1 aliphatic rings. The highest BCUT2D eigenvalue weighted by Gasteiger charge is 2.30. The highest BCUT2D eigenvalue weighted by atomic mass is 32.1. The first-order chi connectivity index (χ1) is 14.4. The average Bonchev–Trinajstić information content (AvgIpc) is 3.10. The molecule has 6 heteroatoms. The number of hydrogen-bond donors (Lipinski definition) is 1. The third-order valence-electron chi connectivity index (χ3n) is 5.99. The molecule has 0 fully saturated rings. The van der Waals surface area contributed by atoms with Crippen molar-refractivity contribution < 1.29 is 19.1 Å².